The van der Waals surface area contributed by atoms with Gasteiger partial charge in [0.05, 0.1) is 17.1 Å². The third-order valence-electron chi connectivity index (χ3n) is 5.40. The van der Waals surface area contributed by atoms with Crippen LogP contribution in [0.5, 0.6) is 0 Å². The molecule has 2 saturated heterocycles. The summed E-state index contributed by atoms with van der Waals surface area (Å²) in [6, 6.07) is 3.43. The van der Waals surface area contributed by atoms with Gasteiger partial charge in [0.2, 0.25) is 5.91 Å². The van der Waals surface area contributed by atoms with Crippen molar-refractivity contribution in [2.75, 3.05) is 39.3 Å². The van der Waals surface area contributed by atoms with Gasteiger partial charge >= 0.3 is 0 Å². The Kier molecular flexibility index (Phi) is 6.35. The van der Waals surface area contributed by atoms with Gasteiger partial charge in [-0.2, -0.15) is 4.31 Å². The summed E-state index contributed by atoms with van der Waals surface area (Å²) >= 11 is 2.89. The van der Waals surface area contributed by atoms with Crippen LogP contribution in [0.15, 0.2) is 21.7 Å². The summed E-state index contributed by atoms with van der Waals surface area (Å²) in [6.07, 6.45) is 2.11. The largest absolute Gasteiger partial charge is 0.340 e. The van der Waals surface area contributed by atoms with E-state index in [4.69, 9.17) is 0 Å². The lowest BCUT2D eigenvalue weighted by Gasteiger charge is -2.34. The first-order chi connectivity index (χ1) is 13.9. The molecular formula is C19H26N4O3S3. The van der Waals surface area contributed by atoms with Crippen LogP contribution in [-0.2, 0) is 27.8 Å². The molecule has 4 heterocycles. The molecule has 29 heavy (non-hydrogen) atoms. The molecule has 2 fully saturated rings. The van der Waals surface area contributed by atoms with E-state index in [1.165, 1.54) is 11.3 Å². The lowest BCUT2D eigenvalue weighted by atomic mass is 10.2. The number of thiophene rings is 1. The van der Waals surface area contributed by atoms with E-state index in [-0.39, 0.29) is 12.3 Å². The number of thiazole rings is 1. The highest BCUT2D eigenvalue weighted by Gasteiger charge is 2.29. The third-order valence-corrected chi connectivity index (χ3v) is 9.67. The Labute approximate surface area is 180 Å². The first-order valence-corrected chi connectivity index (χ1v) is 13.1. The molecule has 0 unspecified atom stereocenters. The maximum absolute atomic E-state index is 12.7. The van der Waals surface area contributed by atoms with Crippen molar-refractivity contribution in [3.05, 3.63) is 33.1 Å². The number of hydrogen-bond acceptors (Lipinski definition) is 7. The normalized spacial score (nSPS) is 19.1. The third kappa shape index (κ3) is 4.88. The second kappa shape index (κ2) is 8.81. The molecule has 0 bridgehead atoms. The molecule has 0 N–H and O–H groups in total. The topological polar surface area (TPSA) is 73.8 Å². The zero-order chi connectivity index (χ0) is 20.4. The summed E-state index contributed by atoms with van der Waals surface area (Å²) < 4.78 is 27.2. The predicted molar refractivity (Wildman–Crippen MR) is 115 cm³/mol. The molecule has 0 aromatic carbocycles. The molecule has 2 aliphatic heterocycles. The fourth-order valence-electron chi connectivity index (χ4n) is 3.77. The van der Waals surface area contributed by atoms with E-state index < -0.39 is 10.0 Å². The van der Waals surface area contributed by atoms with Gasteiger partial charge in [0, 0.05) is 56.1 Å². The van der Waals surface area contributed by atoms with E-state index in [9.17, 15) is 13.2 Å². The molecule has 2 aliphatic rings. The zero-order valence-electron chi connectivity index (χ0n) is 16.5. The minimum Gasteiger partial charge on any atom is -0.340 e. The van der Waals surface area contributed by atoms with E-state index in [1.54, 1.807) is 27.8 Å². The molecular weight excluding hydrogens is 428 g/mol. The number of rotatable bonds is 6. The van der Waals surface area contributed by atoms with Crippen LogP contribution in [0.25, 0.3) is 0 Å². The van der Waals surface area contributed by atoms with Crippen LogP contribution in [-0.4, -0.2) is 72.7 Å². The van der Waals surface area contributed by atoms with E-state index >= 15 is 0 Å². The van der Waals surface area contributed by atoms with E-state index in [2.05, 4.69) is 15.3 Å². The van der Waals surface area contributed by atoms with Crippen molar-refractivity contribution in [2.24, 2.45) is 0 Å². The van der Waals surface area contributed by atoms with Gasteiger partial charge in [0.15, 0.2) is 0 Å². The SMILES string of the molecule is Cc1nc(CN2CCN(C(=O)Cc3ccc(S(=O)(=O)N4CCCC4)s3)CC2)cs1. The van der Waals surface area contributed by atoms with Gasteiger partial charge in [-0.05, 0) is 31.9 Å². The number of carbonyl (C=O) groups is 1. The van der Waals surface area contributed by atoms with Gasteiger partial charge in [-0.3, -0.25) is 9.69 Å². The van der Waals surface area contributed by atoms with Crippen molar-refractivity contribution in [1.29, 1.82) is 0 Å². The molecule has 2 aromatic rings. The summed E-state index contributed by atoms with van der Waals surface area (Å²) in [5.74, 6) is 0.0705. The van der Waals surface area contributed by atoms with Crippen molar-refractivity contribution in [3.8, 4) is 0 Å². The Morgan fingerprint density at radius 3 is 2.48 bits per heavy atom. The predicted octanol–water partition coefficient (Wildman–Crippen LogP) is 2.18. The molecule has 2 aromatic heterocycles. The Bertz CT molecular complexity index is 955. The average molecular weight is 455 g/mol. The number of aromatic nitrogens is 1. The number of sulfonamides is 1. The van der Waals surface area contributed by atoms with Crippen molar-refractivity contribution >= 4 is 38.6 Å². The van der Waals surface area contributed by atoms with Gasteiger partial charge in [0.1, 0.15) is 4.21 Å². The summed E-state index contributed by atoms with van der Waals surface area (Å²) in [5.41, 5.74) is 1.10. The van der Waals surface area contributed by atoms with Gasteiger partial charge in [-0.25, -0.2) is 13.4 Å². The van der Waals surface area contributed by atoms with Gasteiger partial charge < -0.3 is 4.90 Å². The minimum atomic E-state index is -3.40. The summed E-state index contributed by atoms with van der Waals surface area (Å²) in [4.78, 5) is 22.2. The lowest BCUT2D eigenvalue weighted by molar-refractivity contribution is -0.132. The van der Waals surface area contributed by atoms with Crippen molar-refractivity contribution in [1.82, 2.24) is 19.1 Å². The van der Waals surface area contributed by atoms with Crippen molar-refractivity contribution in [3.63, 3.8) is 0 Å². The first kappa shape index (κ1) is 20.9. The van der Waals surface area contributed by atoms with Crippen LogP contribution in [0.3, 0.4) is 0 Å². The Hall–Kier alpha value is -1.33. The molecule has 0 spiro atoms. The average Bonchev–Trinajstić information content (AvgIpc) is 3.44. The number of aryl methyl sites for hydroxylation is 1. The lowest BCUT2D eigenvalue weighted by Crippen LogP contribution is -2.48. The second-order valence-corrected chi connectivity index (χ2v) is 11.9. The molecule has 7 nitrogen and oxygen atoms in total. The molecule has 0 saturated carbocycles. The summed E-state index contributed by atoms with van der Waals surface area (Å²) in [7, 11) is -3.40. The fourth-order valence-corrected chi connectivity index (χ4v) is 7.40. The molecule has 0 aliphatic carbocycles. The zero-order valence-corrected chi connectivity index (χ0v) is 19.0. The van der Waals surface area contributed by atoms with E-state index in [1.807, 2.05) is 11.8 Å². The minimum absolute atomic E-state index is 0.0705. The maximum atomic E-state index is 12.7. The Balaban J connectivity index is 1.29. The van der Waals surface area contributed by atoms with Crippen molar-refractivity contribution < 1.29 is 13.2 Å². The number of hydrogen-bond donors (Lipinski definition) is 0. The van der Waals surface area contributed by atoms with Crippen LogP contribution in [0.1, 0.15) is 28.4 Å². The van der Waals surface area contributed by atoms with E-state index in [0.717, 1.165) is 48.1 Å². The quantitative estimate of drug-likeness (QED) is 0.669. The number of carbonyl (C=O) groups excluding carboxylic acids is 1. The van der Waals surface area contributed by atoms with Crippen LogP contribution in [0, 0.1) is 6.92 Å². The number of nitrogens with zero attached hydrogens (tertiary/aromatic N) is 4. The highest BCUT2D eigenvalue weighted by atomic mass is 32.2. The molecule has 0 atom stereocenters. The second-order valence-electron chi connectivity index (χ2n) is 7.52. The van der Waals surface area contributed by atoms with Crippen LogP contribution < -0.4 is 0 Å². The highest BCUT2D eigenvalue weighted by Crippen LogP contribution is 2.28. The smallest absolute Gasteiger partial charge is 0.252 e. The molecule has 158 valence electrons. The fraction of sp³-hybridized carbons (Fsp3) is 0.579. The Morgan fingerprint density at radius 2 is 1.83 bits per heavy atom. The van der Waals surface area contributed by atoms with Crippen molar-refractivity contribution in [2.45, 2.75) is 36.9 Å². The maximum Gasteiger partial charge on any atom is 0.252 e. The van der Waals surface area contributed by atoms with Crippen LogP contribution >= 0.6 is 22.7 Å². The standard InChI is InChI=1S/C19H26N4O3S3/c1-15-20-16(14-27-15)13-21-8-10-22(11-9-21)18(24)12-17-4-5-19(28-17)29(25,26)23-6-2-3-7-23/h4-5,14H,2-3,6-13H2,1H3. The molecule has 1 amide bonds. The van der Waals surface area contributed by atoms with E-state index in [0.29, 0.717) is 30.4 Å². The van der Waals surface area contributed by atoms with Crippen LogP contribution in [0.2, 0.25) is 0 Å². The van der Waals surface area contributed by atoms with Gasteiger partial charge in [0.25, 0.3) is 10.0 Å². The molecule has 10 heteroatoms. The summed E-state index contributed by atoms with van der Waals surface area (Å²) in [6.45, 7) is 7.10. The van der Waals surface area contributed by atoms with Gasteiger partial charge in [-0.1, -0.05) is 0 Å². The summed E-state index contributed by atoms with van der Waals surface area (Å²) in [5, 5.41) is 3.17. The monoisotopic (exact) mass is 454 g/mol. The highest BCUT2D eigenvalue weighted by molar-refractivity contribution is 7.91. The number of piperazine rings is 1. The first-order valence-electron chi connectivity index (χ1n) is 9.92. The number of amides is 1. The van der Waals surface area contributed by atoms with Crippen LogP contribution in [0.4, 0.5) is 0 Å². The molecule has 4 rings (SSSR count). The Morgan fingerprint density at radius 1 is 1.10 bits per heavy atom. The van der Waals surface area contributed by atoms with Gasteiger partial charge in [-0.15, -0.1) is 22.7 Å². The molecule has 0 radical (unpaired) electrons.